The Kier molecular flexibility index (Phi) is 4.34. The molecule has 3 rings (SSSR count). The monoisotopic (exact) mass is 338 g/mol. The maximum atomic E-state index is 6.42. The summed E-state index contributed by atoms with van der Waals surface area (Å²) in [5.74, 6) is 1.06. The summed E-state index contributed by atoms with van der Waals surface area (Å²) >= 11 is 3.58. The molecule has 0 aliphatic carbocycles. The molecular formula is C16H23BrN2O. The molecule has 0 amide bonds. The molecule has 0 aromatic heterocycles. The molecule has 1 aromatic carbocycles. The summed E-state index contributed by atoms with van der Waals surface area (Å²) in [6.45, 7) is 5.40. The van der Waals surface area contributed by atoms with Gasteiger partial charge in [-0.05, 0) is 57.1 Å². The number of benzene rings is 1. The molecule has 1 unspecified atom stereocenters. The van der Waals surface area contributed by atoms with Crippen molar-refractivity contribution in [3.8, 4) is 5.75 Å². The summed E-state index contributed by atoms with van der Waals surface area (Å²) in [6, 6.07) is 6.81. The van der Waals surface area contributed by atoms with Gasteiger partial charge in [0.15, 0.2) is 0 Å². The molecule has 110 valence electrons. The molecule has 0 saturated carbocycles. The van der Waals surface area contributed by atoms with Crippen molar-refractivity contribution in [3.63, 3.8) is 0 Å². The lowest BCUT2D eigenvalue weighted by molar-refractivity contribution is 0.00319. The van der Waals surface area contributed by atoms with Crippen LogP contribution in [0.2, 0.25) is 0 Å². The summed E-state index contributed by atoms with van der Waals surface area (Å²) in [7, 11) is 0. The Balaban J connectivity index is 1.90. The number of ether oxygens (including phenoxy) is 1. The van der Waals surface area contributed by atoms with Crippen LogP contribution in [0.1, 0.15) is 44.2 Å². The highest BCUT2D eigenvalue weighted by Crippen LogP contribution is 2.44. The van der Waals surface area contributed by atoms with Gasteiger partial charge in [-0.3, -0.25) is 0 Å². The Morgan fingerprint density at radius 1 is 1.40 bits per heavy atom. The minimum Gasteiger partial charge on any atom is -0.487 e. The minimum atomic E-state index is 0.0253. The molecule has 2 heterocycles. The van der Waals surface area contributed by atoms with Crippen LogP contribution in [0.3, 0.4) is 0 Å². The third kappa shape index (κ3) is 2.87. The number of fused-ring (bicyclic) bond motifs is 1. The van der Waals surface area contributed by atoms with E-state index in [1.165, 1.54) is 5.56 Å². The first-order chi connectivity index (χ1) is 9.72. The van der Waals surface area contributed by atoms with E-state index in [4.69, 9.17) is 4.74 Å². The zero-order valence-electron chi connectivity index (χ0n) is 12.0. The van der Waals surface area contributed by atoms with Gasteiger partial charge in [-0.2, -0.15) is 0 Å². The van der Waals surface area contributed by atoms with E-state index in [1.807, 2.05) is 0 Å². The fourth-order valence-corrected chi connectivity index (χ4v) is 3.71. The molecule has 2 aliphatic rings. The predicted molar refractivity (Wildman–Crippen MR) is 85.3 cm³/mol. The number of halogens is 1. The average molecular weight is 339 g/mol. The van der Waals surface area contributed by atoms with Gasteiger partial charge >= 0.3 is 0 Å². The highest BCUT2D eigenvalue weighted by atomic mass is 79.9. The zero-order chi connectivity index (χ0) is 14.0. The topological polar surface area (TPSA) is 33.3 Å². The van der Waals surface area contributed by atoms with Crippen LogP contribution in [0.15, 0.2) is 22.7 Å². The van der Waals surface area contributed by atoms with E-state index < -0.39 is 0 Å². The van der Waals surface area contributed by atoms with Gasteiger partial charge in [-0.25, -0.2) is 0 Å². The Morgan fingerprint density at radius 3 is 2.95 bits per heavy atom. The van der Waals surface area contributed by atoms with Crippen molar-refractivity contribution in [2.45, 2.75) is 44.2 Å². The first-order valence-electron chi connectivity index (χ1n) is 7.65. The molecule has 4 heteroatoms. The summed E-state index contributed by atoms with van der Waals surface area (Å²) in [6.07, 6.45) is 4.45. The molecule has 1 atom stereocenters. The van der Waals surface area contributed by atoms with Crippen molar-refractivity contribution in [1.82, 2.24) is 10.6 Å². The average Bonchev–Trinajstić information content (AvgIpc) is 2.46. The summed E-state index contributed by atoms with van der Waals surface area (Å²) in [5.41, 5.74) is 1.33. The van der Waals surface area contributed by atoms with E-state index in [1.54, 1.807) is 0 Å². The molecule has 1 aromatic rings. The third-order valence-corrected chi connectivity index (χ3v) is 4.90. The Bertz CT molecular complexity index is 472. The van der Waals surface area contributed by atoms with Crippen molar-refractivity contribution in [1.29, 1.82) is 0 Å². The number of rotatable bonds is 3. The van der Waals surface area contributed by atoms with Crippen molar-refractivity contribution < 1.29 is 4.74 Å². The van der Waals surface area contributed by atoms with Crippen LogP contribution in [-0.2, 0) is 0 Å². The molecule has 20 heavy (non-hydrogen) atoms. The van der Waals surface area contributed by atoms with Gasteiger partial charge in [0.2, 0.25) is 0 Å². The van der Waals surface area contributed by atoms with E-state index in [2.05, 4.69) is 51.7 Å². The fourth-order valence-electron chi connectivity index (χ4n) is 3.33. The third-order valence-electron chi connectivity index (χ3n) is 4.41. The molecule has 0 bridgehead atoms. The lowest BCUT2D eigenvalue weighted by Crippen LogP contribution is -2.50. The van der Waals surface area contributed by atoms with Gasteiger partial charge in [0.25, 0.3) is 0 Å². The summed E-state index contributed by atoms with van der Waals surface area (Å²) in [5, 5.41) is 7.14. The van der Waals surface area contributed by atoms with Gasteiger partial charge in [0, 0.05) is 22.5 Å². The second-order valence-electron chi connectivity index (χ2n) is 5.93. The van der Waals surface area contributed by atoms with Gasteiger partial charge in [-0.15, -0.1) is 0 Å². The zero-order valence-corrected chi connectivity index (χ0v) is 13.6. The number of nitrogens with one attached hydrogen (secondary N) is 2. The Hall–Kier alpha value is -0.580. The van der Waals surface area contributed by atoms with Gasteiger partial charge in [0.1, 0.15) is 11.4 Å². The van der Waals surface area contributed by atoms with Crippen molar-refractivity contribution in [2.24, 2.45) is 0 Å². The van der Waals surface area contributed by atoms with Crippen LogP contribution in [0.4, 0.5) is 0 Å². The van der Waals surface area contributed by atoms with Crippen molar-refractivity contribution >= 4 is 15.9 Å². The summed E-state index contributed by atoms with van der Waals surface area (Å²) in [4.78, 5) is 0. The number of hydrogen-bond donors (Lipinski definition) is 2. The van der Waals surface area contributed by atoms with Crippen LogP contribution in [-0.4, -0.2) is 25.2 Å². The molecule has 0 radical (unpaired) electrons. The first kappa shape index (κ1) is 14.4. The molecular weight excluding hydrogens is 316 g/mol. The molecule has 2 aliphatic heterocycles. The van der Waals surface area contributed by atoms with Crippen molar-refractivity contribution in [3.05, 3.63) is 28.2 Å². The van der Waals surface area contributed by atoms with Crippen LogP contribution in [0, 0.1) is 0 Å². The SMILES string of the molecule is CCCNC1CC2(CCNCC2)Oc2ccc(Br)cc21. The predicted octanol–water partition coefficient (Wildman–Crippen LogP) is 3.39. The molecule has 1 spiro atoms. The van der Waals surface area contributed by atoms with E-state index in [0.717, 1.165) is 55.5 Å². The molecule has 3 nitrogen and oxygen atoms in total. The molecule has 2 N–H and O–H groups in total. The first-order valence-corrected chi connectivity index (χ1v) is 8.44. The van der Waals surface area contributed by atoms with Gasteiger partial charge in [0.05, 0.1) is 0 Å². The van der Waals surface area contributed by atoms with Crippen LogP contribution < -0.4 is 15.4 Å². The van der Waals surface area contributed by atoms with E-state index in [0.29, 0.717) is 6.04 Å². The lowest BCUT2D eigenvalue weighted by atomic mass is 9.81. The second-order valence-corrected chi connectivity index (χ2v) is 6.84. The fraction of sp³-hybridized carbons (Fsp3) is 0.625. The van der Waals surface area contributed by atoms with Crippen LogP contribution >= 0.6 is 15.9 Å². The largest absolute Gasteiger partial charge is 0.487 e. The maximum absolute atomic E-state index is 6.42. The highest BCUT2D eigenvalue weighted by molar-refractivity contribution is 9.10. The highest BCUT2D eigenvalue weighted by Gasteiger charge is 2.41. The smallest absolute Gasteiger partial charge is 0.125 e. The van der Waals surface area contributed by atoms with Gasteiger partial charge in [-0.1, -0.05) is 22.9 Å². The molecule has 1 fully saturated rings. The van der Waals surface area contributed by atoms with E-state index >= 15 is 0 Å². The van der Waals surface area contributed by atoms with Crippen molar-refractivity contribution in [2.75, 3.05) is 19.6 Å². The number of piperidine rings is 1. The molecule has 1 saturated heterocycles. The van der Waals surface area contributed by atoms with E-state index in [-0.39, 0.29) is 5.60 Å². The summed E-state index contributed by atoms with van der Waals surface area (Å²) < 4.78 is 7.55. The standard InChI is InChI=1S/C16H23BrN2O/c1-2-7-19-14-11-16(5-8-18-9-6-16)20-15-4-3-12(17)10-13(14)15/h3-4,10,14,18-19H,2,5-9,11H2,1H3. The van der Waals surface area contributed by atoms with Crippen LogP contribution in [0.25, 0.3) is 0 Å². The quantitative estimate of drug-likeness (QED) is 0.886. The Labute approximate surface area is 129 Å². The van der Waals surface area contributed by atoms with Gasteiger partial charge < -0.3 is 15.4 Å². The number of hydrogen-bond acceptors (Lipinski definition) is 3. The Morgan fingerprint density at radius 2 is 2.20 bits per heavy atom. The second kappa shape index (κ2) is 6.04. The lowest BCUT2D eigenvalue weighted by Gasteiger charge is -2.45. The van der Waals surface area contributed by atoms with Crippen LogP contribution in [0.5, 0.6) is 5.75 Å². The maximum Gasteiger partial charge on any atom is 0.125 e. The normalized spacial score (nSPS) is 24.2. The minimum absolute atomic E-state index is 0.0253. The van der Waals surface area contributed by atoms with E-state index in [9.17, 15) is 0 Å².